The molecule has 2 rings (SSSR count). The molecular weight excluding hydrogens is 270 g/mol. The summed E-state index contributed by atoms with van der Waals surface area (Å²) in [6.45, 7) is 4.20. The van der Waals surface area contributed by atoms with Gasteiger partial charge in [0.2, 0.25) is 0 Å². The van der Waals surface area contributed by atoms with Gasteiger partial charge in [-0.25, -0.2) is 0 Å². The minimum Gasteiger partial charge on any atom is -0.378 e. The summed E-state index contributed by atoms with van der Waals surface area (Å²) in [6.07, 6.45) is 7.66. The molecule has 3 heteroatoms. The third kappa shape index (κ3) is 5.08. The lowest BCUT2D eigenvalue weighted by Gasteiger charge is -2.25. The summed E-state index contributed by atoms with van der Waals surface area (Å²) in [5.41, 5.74) is 1.33. The molecule has 0 saturated carbocycles. The average Bonchev–Trinajstić information content (AvgIpc) is 2.50. The largest absolute Gasteiger partial charge is 0.378 e. The standard InChI is InChI=1S/C17H26ClNO/c1-2-12-19-17(14-6-8-15(18)9-7-14)11-10-16-5-3-4-13-20-16/h6-9,16-17,19H,2-5,10-13H2,1H3. The Hall–Kier alpha value is -0.570. The third-order valence-corrected chi connectivity index (χ3v) is 4.22. The number of hydrogen-bond donors (Lipinski definition) is 1. The zero-order chi connectivity index (χ0) is 14.2. The van der Waals surface area contributed by atoms with Crippen LogP contribution in [0.1, 0.15) is 57.1 Å². The van der Waals surface area contributed by atoms with Gasteiger partial charge in [0.25, 0.3) is 0 Å². The van der Waals surface area contributed by atoms with Crippen LogP contribution in [0.3, 0.4) is 0 Å². The number of benzene rings is 1. The van der Waals surface area contributed by atoms with Gasteiger partial charge in [-0.1, -0.05) is 30.7 Å². The van der Waals surface area contributed by atoms with Crippen LogP contribution in [0.15, 0.2) is 24.3 Å². The van der Waals surface area contributed by atoms with E-state index in [9.17, 15) is 0 Å². The molecule has 1 aromatic rings. The van der Waals surface area contributed by atoms with Crippen LogP contribution in [0.25, 0.3) is 0 Å². The van der Waals surface area contributed by atoms with Gasteiger partial charge in [-0.15, -0.1) is 0 Å². The second-order valence-electron chi connectivity index (χ2n) is 5.62. The molecule has 1 aliphatic heterocycles. The molecule has 0 radical (unpaired) electrons. The molecule has 2 atom stereocenters. The average molecular weight is 296 g/mol. The van der Waals surface area contributed by atoms with Crippen LogP contribution in [-0.2, 0) is 4.74 Å². The van der Waals surface area contributed by atoms with E-state index in [1.54, 1.807) is 0 Å². The highest BCUT2D eigenvalue weighted by molar-refractivity contribution is 6.30. The Morgan fingerprint density at radius 2 is 2.10 bits per heavy atom. The van der Waals surface area contributed by atoms with E-state index in [0.717, 1.165) is 37.4 Å². The first kappa shape index (κ1) is 15.8. The van der Waals surface area contributed by atoms with Gasteiger partial charge in [-0.3, -0.25) is 0 Å². The first-order chi connectivity index (χ1) is 9.79. The summed E-state index contributed by atoms with van der Waals surface area (Å²) < 4.78 is 5.84. The number of halogens is 1. The number of ether oxygens (including phenoxy) is 1. The zero-order valence-electron chi connectivity index (χ0n) is 12.4. The maximum absolute atomic E-state index is 5.98. The molecule has 1 N–H and O–H groups in total. The Labute approximate surface area is 127 Å². The van der Waals surface area contributed by atoms with Gasteiger partial charge in [0, 0.05) is 17.7 Å². The smallest absolute Gasteiger partial charge is 0.0575 e. The lowest BCUT2D eigenvalue weighted by atomic mass is 9.97. The van der Waals surface area contributed by atoms with Crippen molar-refractivity contribution in [2.75, 3.05) is 13.2 Å². The van der Waals surface area contributed by atoms with Crippen LogP contribution in [0.2, 0.25) is 5.02 Å². The number of nitrogens with one attached hydrogen (secondary N) is 1. The predicted octanol–water partition coefficient (Wildman–Crippen LogP) is 4.73. The van der Waals surface area contributed by atoms with E-state index < -0.39 is 0 Å². The van der Waals surface area contributed by atoms with E-state index in [4.69, 9.17) is 16.3 Å². The molecule has 0 spiro atoms. The first-order valence-electron chi connectivity index (χ1n) is 7.90. The first-order valence-corrected chi connectivity index (χ1v) is 8.28. The molecular formula is C17H26ClNO. The van der Waals surface area contributed by atoms with Crippen LogP contribution >= 0.6 is 11.6 Å². The monoisotopic (exact) mass is 295 g/mol. The Morgan fingerprint density at radius 3 is 2.75 bits per heavy atom. The zero-order valence-corrected chi connectivity index (χ0v) is 13.2. The second-order valence-corrected chi connectivity index (χ2v) is 6.06. The van der Waals surface area contributed by atoms with E-state index >= 15 is 0 Å². The molecule has 1 aliphatic rings. The number of rotatable bonds is 7. The molecule has 2 nitrogen and oxygen atoms in total. The Bertz CT molecular complexity index is 373. The van der Waals surface area contributed by atoms with E-state index in [0.29, 0.717) is 12.1 Å². The van der Waals surface area contributed by atoms with Crippen LogP contribution in [0.4, 0.5) is 0 Å². The SMILES string of the molecule is CCCNC(CCC1CCCCO1)c1ccc(Cl)cc1. The minimum absolute atomic E-state index is 0.415. The van der Waals surface area contributed by atoms with Crippen molar-refractivity contribution in [3.63, 3.8) is 0 Å². The second kappa shape index (κ2) is 8.66. The van der Waals surface area contributed by atoms with E-state index in [-0.39, 0.29) is 0 Å². The highest BCUT2D eigenvalue weighted by Gasteiger charge is 2.17. The molecule has 1 fully saturated rings. The highest BCUT2D eigenvalue weighted by atomic mass is 35.5. The summed E-state index contributed by atoms with van der Waals surface area (Å²) in [4.78, 5) is 0. The van der Waals surface area contributed by atoms with Crippen molar-refractivity contribution in [2.45, 2.75) is 57.6 Å². The van der Waals surface area contributed by atoms with Gasteiger partial charge in [-0.2, -0.15) is 0 Å². The fourth-order valence-electron chi connectivity index (χ4n) is 2.79. The highest BCUT2D eigenvalue weighted by Crippen LogP contribution is 2.25. The van der Waals surface area contributed by atoms with E-state index in [2.05, 4.69) is 24.4 Å². The van der Waals surface area contributed by atoms with Crippen molar-refractivity contribution < 1.29 is 4.74 Å². The summed E-state index contributed by atoms with van der Waals surface area (Å²) >= 11 is 5.98. The third-order valence-electron chi connectivity index (χ3n) is 3.96. The molecule has 0 bridgehead atoms. The lowest BCUT2D eigenvalue weighted by molar-refractivity contribution is 0.00854. The van der Waals surface area contributed by atoms with E-state index in [1.165, 1.54) is 24.8 Å². The molecule has 20 heavy (non-hydrogen) atoms. The fraction of sp³-hybridized carbons (Fsp3) is 0.647. The lowest BCUT2D eigenvalue weighted by Crippen LogP contribution is -2.25. The quantitative estimate of drug-likeness (QED) is 0.785. The van der Waals surface area contributed by atoms with Gasteiger partial charge >= 0.3 is 0 Å². The van der Waals surface area contributed by atoms with Crippen molar-refractivity contribution >= 4 is 11.6 Å². The van der Waals surface area contributed by atoms with Gasteiger partial charge in [0.1, 0.15) is 0 Å². The summed E-state index contributed by atoms with van der Waals surface area (Å²) in [7, 11) is 0. The predicted molar refractivity (Wildman–Crippen MR) is 85.3 cm³/mol. The topological polar surface area (TPSA) is 21.3 Å². The molecule has 0 amide bonds. The van der Waals surface area contributed by atoms with Crippen LogP contribution in [0.5, 0.6) is 0 Å². The van der Waals surface area contributed by atoms with Crippen molar-refractivity contribution in [3.05, 3.63) is 34.9 Å². The molecule has 112 valence electrons. The summed E-state index contributed by atoms with van der Waals surface area (Å²) in [6, 6.07) is 8.65. The molecule has 0 aromatic heterocycles. The summed E-state index contributed by atoms with van der Waals surface area (Å²) in [5.74, 6) is 0. The molecule has 1 aromatic carbocycles. The number of hydrogen-bond acceptors (Lipinski definition) is 2. The van der Waals surface area contributed by atoms with Gasteiger partial charge in [0.05, 0.1) is 6.10 Å². The molecule has 0 aliphatic carbocycles. The van der Waals surface area contributed by atoms with Crippen molar-refractivity contribution in [2.24, 2.45) is 0 Å². The summed E-state index contributed by atoms with van der Waals surface area (Å²) in [5, 5.41) is 4.45. The van der Waals surface area contributed by atoms with Gasteiger partial charge in [0.15, 0.2) is 0 Å². The molecule has 2 unspecified atom stereocenters. The van der Waals surface area contributed by atoms with Crippen molar-refractivity contribution in [1.82, 2.24) is 5.32 Å². The van der Waals surface area contributed by atoms with Crippen LogP contribution in [-0.4, -0.2) is 19.3 Å². The van der Waals surface area contributed by atoms with E-state index in [1.807, 2.05) is 12.1 Å². The maximum Gasteiger partial charge on any atom is 0.0575 e. The maximum atomic E-state index is 5.98. The van der Waals surface area contributed by atoms with Crippen LogP contribution < -0.4 is 5.32 Å². The van der Waals surface area contributed by atoms with Crippen LogP contribution in [0, 0.1) is 0 Å². The van der Waals surface area contributed by atoms with Gasteiger partial charge in [-0.05, 0) is 62.8 Å². The molecule has 1 heterocycles. The Kier molecular flexibility index (Phi) is 6.85. The Morgan fingerprint density at radius 1 is 1.30 bits per heavy atom. The fourth-order valence-corrected chi connectivity index (χ4v) is 2.91. The van der Waals surface area contributed by atoms with Crippen molar-refractivity contribution in [3.8, 4) is 0 Å². The van der Waals surface area contributed by atoms with Gasteiger partial charge < -0.3 is 10.1 Å². The molecule has 1 saturated heterocycles. The van der Waals surface area contributed by atoms with Crippen molar-refractivity contribution in [1.29, 1.82) is 0 Å². The Balaban J connectivity index is 1.90. The minimum atomic E-state index is 0.415. The normalized spacial score (nSPS) is 20.8.